The van der Waals surface area contributed by atoms with Crippen molar-refractivity contribution in [2.75, 3.05) is 0 Å². The maximum absolute atomic E-state index is 12.9. The highest BCUT2D eigenvalue weighted by atomic mass is 33.1. The number of carboxylic acids is 1. The third-order valence-corrected chi connectivity index (χ3v) is 15.3. The molecule has 0 aliphatic heterocycles. The maximum atomic E-state index is 12.9. The Balaban J connectivity index is 2.41. The van der Waals surface area contributed by atoms with Crippen LogP contribution in [0.4, 0.5) is 0 Å². The first-order chi connectivity index (χ1) is 24.6. The van der Waals surface area contributed by atoms with Gasteiger partial charge in [0.1, 0.15) is 22.0 Å². The average molecular weight is 819 g/mol. The third kappa shape index (κ3) is 25.8. The van der Waals surface area contributed by atoms with E-state index in [2.05, 4.69) is 13.8 Å². The van der Waals surface area contributed by atoms with E-state index in [4.69, 9.17) is 33.9 Å². The van der Waals surface area contributed by atoms with Gasteiger partial charge in [-0.05, 0) is 73.3 Å². The number of carbonyl (C=O) groups excluding carboxylic acids is 2. The molecule has 6 nitrogen and oxygen atoms in total. The lowest BCUT2D eigenvalue weighted by atomic mass is 10.1. The summed E-state index contributed by atoms with van der Waals surface area (Å²) < 4.78 is 12.7. The van der Waals surface area contributed by atoms with Crippen molar-refractivity contribution in [2.45, 2.75) is 179 Å². The van der Waals surface area contributed by atoms with Crippen molar-refractivity contribution in [2.24, 2.45) is 0 Å². The summed E-state index contributed by atoms with van der Waals surface area (Å²) in [5.74, 6) is -2.30. The molecule has 0 aliphatic rings. The highest BCUT2D eigenvalue weighted by Gasteiger charge is 2.22. The molecule has 1 rings (SSSR count). The average Bonchev–Trinajstić information content (AvgIpc) is 3.10. The summed E-state index contributed by atoms with van der Waals surface area (Å²) in [6, 6.07) is 3.86. The van der Waals surface area contributed by atoms with E-state index in [0.29, 0.717) is 0 Å². The minimum absolute atomic E-state index is 0.000409. The Morgan fingerprint density at radius 2 is 0.882 bits per heavy atom. The van der Waals surface area contributed by atoms with Crippen LogP contribution in [0.25, 0.3) is 0 Å². The monoisotopic (exact) mass is 818 g/mol. The van der Waals surface area contributed by atoms with E-state index in [9.17, 15) is 19.5 Å². The minimum Gasteiger partial charge on any atom is -0.478 e. The van der Waals surface area contributed by atoms with E-state index in [0.717, 1.165) is 46.9 Å². The van der Waals surface area contributed by atoms with Crippen LogP contribution in [-0.2, 0) is 9.59 Å². The summed E-state index contributed by atoms with van der Waals surface area (Å²) in [7, 11) is 5.48. The normalized spacial score (nSPS) is 12.3. The summed E-state index contributed by atoms with van der Waals surface area (Å²) in [6.45, 7) is 7.93. The van der Waals surface area contributed by atoms with Gasteiger partial charge in [0, 0.05) is 6.07 Å². The van der Waals surface area contributed by atoms with Crippen LogP contribution in [0.2, 0.25) is 0 Å². The molecule has 0 heterocycles. The van der Waals surface area contributed by atoms with Crippen molar-refractivity contribution in [1.29, 1.82) is 0 Å². The van der Waals surface area contributed by atoms with Gasteiger partial charge in [-0.15, -0.1) is 0 Å². The minimum atomic E-state index is -1.23. The molecule has 2 atom stereocenters. The molecule has 0 aromatic heterocycles. The number of unbranched alkanes of at least 4 members (excludes halogenated alkanes) is 18. The fraction of sp³-hybridized carbons (Fsp3) is 0.718. The van der Waals surface area contributed by atoms with Gasteiger partial charge in [-0.2, -0.15) is 0 Å². The Bertz CT molecular complexity index is 1080. The van der Waals surface area contributed by atoms with Crippen molar-refractivity contribution >= 4 is 93.9 Å². The second-order valence-electron chi connectivity index (χ2n) is 13.1. The van der Waals surface area contributed by atoms with Gasteiger partial charge in [0.05, 0.1) is 14.0 Å². The molecule has 0 amide bonds. The number of hydrogen-bond donors (Lipinski definition) is 1. The molecule has 2 unspecified atom stereocenters. The van der Waals surface area contributed by atoms with E-state index in [1.165, 1.54) is 164 Å². The molecule has 0 fully saturated rings. The van der Waals surface area contributed by atoms with Gasteiger partial charge < -0.3 is 14.6 Å². The van der Waals surface area contributed by atoms with E-state index in [1.54, 1.807) is 13.8 Å². The molecule has 1 aromatic carbocycles. The fourth-order valence-corrected chi connectivity index (χ4v) is 9.83. The largest absolute Gasteiger partial charge is 0.478 e. The number of carbonyl (C=O) groups is 3. The van der Waals surface area contributed by atoms with Crippen LogP contribution in [-0.4, -0.2) is 41.9 Å². The highest BCUT2D eigenvalue weighted by Crippen LogP contribution is 2.34. The Labute approximate surface area is 335 Å². The first-order valence-electron chi connectivity index (χ1n) is 19.1. The molecule has 290 valence electrons. The standard InChI is InChI=1S/C39H62O6S6/c1-5-7-9-11-13-15-17-19-21-23-25-35(46)50-48-30(3)38(42)44-33-27-32(37(40)41)28-34(29-33)45-39(43)31(4)49-51-36(47)26-24-22-20-18-16-14-12-10-8-6-2/h27-31H,5-26H2,1-4H3,(H,40,41). The lowest BCUT2D eigenvalue weighted by Gasteiger charge is -2.14. The predicted molar refractivity (Wildman–Crippen MR) is 232 cm³/mol. The van der Waals surface area contributed by atoms with Crippen molar-refractivity contribution in [3.63, 3.8) is 0 Å². The summed E-state index contributed by atoms with van der Waals surface area (Å²) in [6.07, 6.45) is 27.0. The number of thiocarbonyl (C=S) groups is 2. The van der Waals surface area contributed by atoms with E-state index in [-0.39, 0.29) is 17.1 Å². The molecule has 0 aliphatic carbocycles. The highest BCUT2D eigenvalue weighted by molar-refractivity contribution is 8.84. The molecule has 1 aromatic rings. The quantitative estimate of drug-likeness (QED) is 0.0254. The SMILES string of the molecule is CCCCCCCCCCCCC(=S)SSC(C)C(=O)Oc1cc(OC(=O)C(C)SSC(=S)CCCCCCCCCCCC)cc(C(=O)O)c1. The van der Waals surface area contributed by atoms with Crippen LogP contribution in [0.15, 0.2) is 18.2 Å². The van der Waals surface area contributed by atoms with Crippen molar-refractivity contribution in [1.82, 2.24) is 0 Å². The lowest BCUT2D eigenvalue weighted by molar-refractivity contribution is -0.133. The number of ether oxygens (including phenoxy) is 2. The predicted octanol–water partition coefficient (Wildman–Crippen LogP) is 14.0. The van der Waals surface area contributed by atoms with Gasteiger partial charge in [0.15, 0.2) is 0 Å². The van der Waals surface area contributed by atoms with Gasteiger partial charge in [0.2, 0.25) is 0 Å². The fourth-order valence-electron chi connectivity index (χ4n) is 5.14. The van der Waals surface area contributed by atoms with Gasteiger partial charge in [-0.1, -0.05) is 175 Å². The first kappa shape index (κ1) is 48.2. The zero-order chi connectivity index (χ0) is 37.7. The van der Waals surface area contributed by atoms with E-state index in [1.807, 2.05) is 0 Å². The topological polar surface area (TPSA) is 89.9 Å². The molecule has 51 heavy (non-hydrogen) atoms. The zero-order valence-electron chi connectivity index (χ0n) is 31.4. The van der Waals surface area contributed by atoms with Crippen LogP contribution in [0, 0.1) is 0 Å². The number of benzene rings is 1. The number of rotatable bonds is 31. The van der Waals surface area contributed by atoms with Crippen molar-refractivity contribution in [3.05, 3.63) is 23.8 Å². The first-order valence-corrected chi connectivity index (χ1v) is 24.4. The number of hydrogen-bond acceptors (Lipinski definition) is 11. The maximum Gasteiger partial charge on any atom is 0.335 e. The molecular formula is C39H62O6S6. The molecule has 0 radical (unpaired) electrons. The Morgan fingerprint density at radius 1 is 0.569 bits per heavy atom. The van der Waals surface area contributed by atoms with Crippen molar-refractivity contribution in [3.8, 4) is 11.5 Å². The summed E-state index contributed by atoms with van der Waals surface area (Å²) in [4.78, 5) is 37.5. The smallest absolute Gasteiger partial charge is 0.335 e. The summed E-state index contributed by atoms with van der Waals surface area (Å²) in [5, 5.41) is 8.54. The van der Waals surface area contributed by atoms with Crippen LogP contribution < -0.4 is 9.47 Å². The second-order valence-corrected chi connectivity index (χ2v) is 19.9. The second kappa shape index (κ2) is 31.5. The molecular weight excluding hydrogens is 757 g/mol. The molecule has 0 bridgehead atoms. The number of carboxylic acid groups (broad SMARTS) is 1. The van der Waals surface area contributed by atoms with Crippen LogP contribution in [0.3, 0.4) is 0 Å². The lowest BCUT2D eigenvalue weighted by Crippen LogP contribution is -2.21. The van der Waals surface area contributed by atoms with Crippen LogP contribution in [0.1, 0.15) is 179 Å². The third-order valence-electron chi connectivity index (χ3n) is 8.27. The van der Waals surface area contributed by atoms with Gasteiger partial charge in [0.25, 0.3) is 0 Å². The van der Waals surface area contributed by atoms with Crippen LogP contribution >= 0.6 is 67.6 Å². The van der Waals surface area contributed by atoms with Crippen molar-refractivity contribution < 1.29 is 29.0 Å². The Kier molecular flexibility index (Phi) is 29.8. The van der Waals surface area contributed by atoms with Gasteiger partial charge >= 0.3 is 17.9 Å². The molecule has 12 heteroatoms. The zero-order valence-corrected chi connectivity index (χ0v) is 36.3. The molecule has 0 spiro atoms. The van der Waals surface area contributed by atoms with Gasteiger partial charge in [-0.3, -0.25) is 9.59 Å². The molecule has 0 saturated heterocycles. The Hall–Kier alpha value is -0.790. The number of esters is 2. The Morgan fingerprint density at radius 3 is 1.20 bits per heavy atom. The number of aromatic carboxylic acids is 1. The summed E-state index contributed by atoms with van der Waals surface area (Å²) >= 11 is 11.0. The van der Waals surface area contributed by atoms with E-state index >= 15 is 0 Å². The molecule has 0 saturated carbocycles. The molecule has 1 N–H and O–H groups in total. The van der Waals surface area contributed by atoms with Crippen LogP contribution in [0.5, 0.6) is 11.5 Å². The van der Waals surface area contributed by atoms with Gasteiger partial charge in [-0.25, -0.2) is 4.79 Å². The van der Waals surface area contributed by atoms with E-state index < -0.39 is 28.4 Å². The summed E-state index contributed by atoms with van der Waals surface area (Å²) in [5.41, 5.74) is -0.150.